The van der Waals surface area contributed by atoms with Crippen molar-refractivity contribution in [3.8, 4) is 0 Å². The quantitative estimate of drug-likeness (QED) is 0.877. The van der Waals surface area contributed by atoms with Crippen molar-refractivity contribution in [2.45, 2.75) is 59.3 Å². The zero-order chi connectivity index (χ0) is 15.5. The molecule has 1 rings (SSSR count). The van der Waals surface area contributed by atoms with E-state index >= 15 is 0 Å². The molecule has 20 heavy (non-hydrogen) atoms. The molecule has 0 saturated heterocycles. The molecule has 0 aliphatic rings. The number of carbonyl (C=O) groups excluding carboxylic acids is 1. The molecular weight excluding hydrogens is 262 g/mol. The summed E-state index contributed by atoms with van der Waals surface area (Å²) in [6, 6.07) is -0.579. The van der Waals surface area contributed by atoms with Gasteiger partial charge in [-0.05, 0) is 26.7 Å². The van der Waals surface area contributed by atoms with Crippen molar-refractivity contribution in [2.24, 2.45) is 5.92 Å². The lowest BCUT2D eigenvalue weighted by Crippen LogP contribution is -2.45. The summed E-state index contributed by atoms with van der Waals surface area (Å²) in [6.45, 7) is 10.7. The highest BCUT2D eigenvalue weighted by Crippen LogP contribution is 2.21. The van der Waals surface area contributed by atoms with E-state index in [4.69, 9.17) is 9.15 Å². The fourth-order valence-corrected chi connectivity index (χ4v) is 1.64. The van der Waals surface area contributed by atoms with Crippen molar-refractivity contribution in [3.05, 3.63) is 11.8 Å². The van der Waals surface area contributed by atoms with Crippen LogP contribution in [0.4, 0.5) is 4.79 Å². The number of aliphatic hydroxyl groups excluding tert-OH is 1. The van der Waals surface area contributed by atoms with Crippen molar-refractivity contribution in [3.63, 3.8) is 0 Å². The van der Waals surface area contributed by atoms with Crippen LogP contribution in [0.3, 0.4) is 0 Å². The zero-order valence-corrected chi connectivity index (χ0v) is 12.8. The van der Waals surface area contributed by atoms with Gasteiger partial charge in [-0.2, -0.15) is 0 Å². The number of nitrogens with one attached hydrogen (secondary N) is 1. The molecule has 2 N–H and O–H groups in total. The third kappa shape index (κ3) is 4.80. The molecule has 2 atom stereocenters. The maximum absolute atomic E-state index is 11.8. The van der Waals surface area contributed by atoms with E-state index in [1.807, 2.05) is 13.8 Å². The van der Waals surface area contributed by atoms with Crippen LogP contribution in [0.5, 0.6) is 0 Å². The van der Waals surface area contributed by atoms with Gasteiger partial charge in [-0.25, -0.2) is 4.79 Å². The standard InChI is InChI=1S/C13H23N3O4/c1-7(2)9(14-12(18)20-13(4,5)6)10(17)11-16-15-8(3)19-11/h7,9-10,17H,1-6H3,(H,14,18)/t9-,10?/m0/s1. The molecule has 1 amide bonds. The highest BCUT2D eigenvalue weighted by molar-refractivity contribution is 5.68. The van der Waals surface area contributed by atoms with Crippen molar-refractivity contribution in [2.75, 3.05) is 0 Å². The van der Waals surface area contributed by atoms with Crippen LogP contribution in [0.25, 0.3) is 0 Å². The second-order valence-electron chi connectivity index (χ2n) is 6.02. The van der Waals surface area contributed by atoms with Gasteiger partial charge in [-0.3, -0.25) is 0 Å². The van der Waals surface area contributed by atoms with Gasteiger partial charge in [0.1, 0.15) is 5.60 Å². The molecule has 0 aromatic carbocycles. The van der Waals surface area contributed by atoms with Gasteiger partial charge < -0.3 is 19.6 Å². The van der Waals surface area contributed by atoms with Crippen molar-refractivity contribution >= 4 is 6.09 Å². The first-order chi connectivity index (χ1) is 9.10. The molecule has 1 heterocycles. The maximum atomic E-state index is 11.8. The summed E-state index contributed by atoms with van der Waals surface area (Å²) in [6.07, 6.45) is -1.67. The Morgan fingerprint density at radius 2 is 1.95 bits per heavy atom. The van der Waals surface area contributed by atoms with Gasteiger partial charge in [0.2, 0.25) is 11.8 Å². The highest BCUT2D eigenvalue weighted by atomic mass is 16.6. The summed E-state index contributed by atoms with van der Waals surface area (Å²) in [4.78, 5) is 11.8. The van der Waals surface area contributed by atoms with Crippen LogP contribution in [0.15, 0.2) is 4.42 Å². The number of aromatic nitrogens is 2. The summed E-state index contributed by atoms with van der Waals surface area (Å²) in [5, 5.41) is 20.3. The minimum Gasteiger partial charge on any atom is -0.444 e. The molecule has 0 spiro atoms. The van der Waals surface area contributed by atoms with Gasteiger partial charge in [0.25, 0.3) is 0 Å². The van der Waals surface area contributed by atoms with Gasteiger partial charge in [0.05, 0.1) is 6.04 Å². The Hall–Kier alpha value is -1.63. The first-order valence-electron chi connectivity index (χ1n) is 6.57. The van der Waals surface area contributed by atoms with E-state index in [0.29, 0.717) is 5.89 Å². The average Bonchev–Trinajstić information content (AvgIpc) is 2.69. The molecule has 0 aliphatic carbocycles. The van der Waals surface area contributed by atoms with Crippen molar-refractivity contribution in [1.29, 1.82) is 0 Å². The molecule has 1 aromatic heterocycles. The Morgan fingerprint density at radius 3 is 2.35 bits per heavy atom. The third-order valence-corrected chi connectivity index (χ3v) is 2.54. The first-order valence-corrected chi connectivity index (χ1v) is 6.57. The van der Waals surface area contributed by atoms with Crippen LogP contribution in [-0.4, -0.2) is 33.0 Å². The molecule has 0 radical (unpaired) electrons. The molecule has 7 nitrogen and oxygen atoms in total. The van der Waals surface area contributed by atoms with E-state index < -0.39 is 23.8 Å². The second kappa shape index (κ2) is 6.21. The highest BCUT2D eigenvalue weighted by Gasteiger charge is 2.31. The number of hydrogen-bond acceptors (Lipinski definition) is 6. The lowest BCUT2D eigenvalue weighted by atomic mass is 9.98. The normalized spacial score (nSPS) is 15.0. The van der Waals surface area contributed by atoms with Crippen LogP contribution in [-0.2, 0) is 4.74 Å². The van der Waals surface area contributed by atoms with Crippen LogP contribution >= 0.6 is 0 Å². The largest absolute Gasteiger partial charge is 0.444 e. The molecule has 0 aliphatic heterocycles. The number of hydrogen-bond donors (Lipinski definition) is 2. The van der Waals surface area contributed by atoms with Crippen molar-refractivity contribution < 1.29 is 19.1 Å². The van der Waals surface area contributed by atoms with Crippen LogP contribution < -0.4 is 5.32 Å². The van der Waals surface area contributed by atoms with Crippen LogP contribution in [0.1, 0.15) is 52.5 Å². The first kappa shape index (κ1) is 16.4. The Balaban J connectivity index is 2.77. The monoisotopic (exact) mass is 285 g/mol. The average molecular weight is 285 g/mol. The molecule has 0 fully saturated rings. The minimum atomic E-state index is -1.08. The maximum Gasteiger partial charge on any atom is 0.407 e. The van der Waals surface area contributed by atoms with Gasteiger partial charge in [0.15, 0.2) is 6.10 Å². The van der Waals surface area contributed by atoms with Gasteiger partial charge in [-0.15, -0.1) is 10.2 Å². The van der Waals surface area contributed by atoms with E-state index in [2.05, 4.69) is 15.5 Å². The topological polar surface area (TPSA) is 97.5 Å². The van der Waals surface area contributed by atoms with Gasteiger partial charge in [0, 0.05) is 6.92 Å². The number of ether oxygens (including phenoxy) is 1. The second-order valence-corrected chi connectivity index (χ2v) is 6.02. The summed E-state index contributed by atoms with van der Waals surface area (Å²) in [5.41, 5.74) is -0.600. The Kier molecular flexibility index (Phi) is 5.10. The van der Waals surface area contributed by atoms with E-state index in [1.54, 1.807) is 27.7 Å². The summed E-state index contributed by atoms with van der Waals surface area (Å²) < 4.78 is 10.4. The molecule has 114 valence electrons. The predicted octanol–water partition coefficient (Wildman–Crippen LogP) is 1.96. The number of amides is 1. The van der Waals surface area contributed by atoms with Crippen molar-refractivity contribution in [1.82, 2.24) is 15.5 Å². The van der Waals surface area contributed by atoms with E-state index in [0.717, 1.165) is 0 Å². The lowest BCUT2D eigenvalue weighted by molar-refractivity contribution is 0.0326. The third-order valence-electron chi connectivity index (χ3n) is 2.54. The number of nitrogens with zero attached hydrogens (tertiary/aromatic N) is 2. The Bertz CT molecular complexity index is 451. The number of carbonyl (C=O) groups is 1. The molecule has 1 aromatic rings. The molecule has 0 saturated carbocycles. The van der Waals surface area contributed by atoms with E-state index in [1.165, 1.54) is 0 Å². The summed E-state index contributed by atoms with van der Waals surface area (Å²) in [7, 11) is 0. The number of aliphatic hydroxyl groups is 1. The number of alkyl carbamates (subject to hydrolysis) is 1. The fourth-order valence-electron chi connectivity index (χ4n) is 1.64. The van der Waals surface area contributed by atoms with E-state index in [-0.39, 0.29) is 11.8 Å². The molecule has 0 bridgehead atoms. The summed E-state index contributed by atoms with van der Waals surface area (Å²) >= 11 is 0. The Labute approximate surface area is 118 Å². The summed E-state index contributed by atoms with van der Waals surface area (Å²) in [5.74, 6) is 0.404. The smallest absolute Gasteiger partial charge is 0.407 e. The van der Waals surface area contributed by atoms with Gasteiger partial charge in [-0.1, -0.05) is 13.8 Å². The number of rotatable bonds is 4. The van der Waals surface area contributed by atoms with Gasteiger partial charge >= 0.3 is 6.09 Å². The fraction of sp³-hybridized carbons (Fsp3) is 0.769. The van der Waals surface area contributed by atoms with Crippen LogP contribution in [0.2, 0.25) is 0 Å². The molecule has 7 heteroatoms. The molecular formula is C13H23N3O4. The Morgan fingerprint density at radius 1 is 1.35 bits per heavy atom. The minimum absolute atomic E-state index is 0.0373. The SMILES string of the molecule is Cc1nnc(C(O)[C@@H](NC(=O)OC(C)(C)C)C(C)C)o1. The predicted molar refractivity (Wildman–Crippen MR) is 72.0 cm³/mol. The molecule has 1 unspecified atom stereocenters. The lowest BCUT2D eigenvalue weighted by Gasteiger charge is -2.27. The van der Waals surface area contributed by atoms with Crippen LogP contribution in [0, 0.1) is 12.8 Å². The number of aryl methyl sites for hydroxylation is 1. The van der Waals surface area contributed by atoms with E-state index in [9.17, 15) is 9.90 Å². The zero-order valence-electron chi connectivity index (χ0n) is 12.8.